The Morgan fingerprint density at radius 1 is 0.778 bits per heavy atom. The van der Waals surface area contributed by atoms with E-state index in [1.165, 1.54) is 35.1 Å². The van der Waals surface area contributed by atoms with Crippen molar-refractivity contribution in [3.05, 3.63) is 114 Å². The van der Waals surface area contributed by atoms with E-state index >= 15 is 0 Å². The van der Waals surface area contributed by atoms with Crippen molar-refractivity contribution in [3.8, 4) is 22.3 Å². The van der Waals surface area contributed by atoms with Crippen LogP contribution in [0.1, 0.15) is 43.2 Å². The summed E-state index contributed by atoms with van der Waals surface area (Å²) in [5.41, 5.74) is 8.04. The van der Waals surface area contributed by atoms with Gasteiger partial charge in [-0.1, -0.05) is 103 Å². The van der Waals surface area contributed by atoms with Gasteiger partial charge in [0.15, 0.2) is 5.84 Å². The summed E-state index contributed by atoms with van der Waals surface area (Å²) in [6.07, 6.45) is 16.2. The summed E-state index contributed by atoms with van der Waals surface area (Å²) in [6.45, 7) is 3.73. The number of rotatable bonds is 5. The molecule has 0 spiro atoms. The fourth-order valence-electron chi connectivity index (χ4n) is 5.14. The first kappa shape index (κ1) is 23.6. The Morgan fingerprint density at radius 2 is 1.42 bits per heavy atom. The van der Waals surface area contributed by atoms with E-state index in [1.54, 1.807) is 0 Å². The van der Waals surface area contributed by atoms with E-state index in [4.69, 9.17) is 5.41 Å². The van der Waals surface area contributed by atoms with Crippen molar-refractivity contribution in [1.29, 1.82) is 5.41 Å². The second-order valence-electron chi connectivity index (χ2n) is 9.24. The lowest BCUT2D eigenvalue weighted by Crippen LogP contribution is -2.13. The van der Waals surface area contributed by atoms with Crippen LogP contribution in [0.2, 0.25) is 0 Å². The van der Waals surface area contributed by atoms with Crippen LogP contribution in [-0.2, 0) is 0 Å². The van der Waals surface area contributed by atoms with Crippen LogP contribution in [0.5, 0.6) is 0 Å². The summed E-state index contributed by atoms with van der Waals surface area (Å²) in [5, 5.41) is 8.92. The topological polar surface area (TPSA) is 48.6 Å². The van der Waals surface area contributed by atoms with Crippen molar-refractivity contribution in [1.82, 2.24) is 0 Å². The maximum absolute atomic E-state index is 8.92. The van der Waals surface area contributed by atoms with Crippen molar-refractivity contribution in [2.45, 2.75) is 32.1 Å². The van der Waals surface area contributed by atoms with Crippen molar-refractivity contribution >= 4 is 24.0 Å². The van der Waals surface area contributed by atoms with Gasteiger partial charge in [-0.25, -0.2) is 9.98 Å². The highest BCUT2D eigenvalue weighted by Crippen LogP contribution is 2.39. The second-order valence-corrected chi connectivity index (χ2v) is 9.24. The van der Waals surface area contributed by atoms with Crippen LogP contribution >= 0.6 is 0 Å². The molecule has 0 heterocycles. The molecule has 3 heteroatoms. The van der Waals surface area contributed by atoms with Gasteiger partial charge in [-0.05, 0) is 72.2 Å². The van der Waals surface area contributed by atoms with Gasteiger partial charge in [0.2, 0.25) is 0 Å². The SMILES string of the molecule is C=NC(=NC(=N)c1ccccc1-c1ccccc1-c1ccccc1C1=CCCCC1)C1C=CC=CC1. The average molecular weight is 470 g/mol. The molecule has 0 amide bonds. The molecule has 3 nitrogen and oxygen atoms in total. The first-order chi connectivity index (χ1) is 17.8. The third-order valence-electron chi connectivity index (χ3n) is 6.95. The van der Waals surface area contributed by atoms with E-state index in [0.717, 1.165) is 36.0 Å². The molecule has 0 aromatic heterocycles. The van der Waals surface area contributed by atoms with E-state index in [2.05, 4.69) is 89.5 Å². The van der Waals surface area contributed by atoms with Gasteiger partial charge >= 0.3 is 0 Å². The minimum atomic E-state index is 0.0444. The molecule has 0 radical (unpaired) electrons. The predicted octanol–water partition coefficient (Wildman–Crippen LogP) is 8.53. The van der Waals surface area contributed by atoms with Crippen LogP contribution in [0.4, 0.5) is 0 Å². The molecule has 0 saturated heterocycles. The highest BCUT2D eigenvalue weighted by atomic mass is 14.9. The Hall–Kier alpha value is -4.11. The fourth-order valence-corrected chi connectivity index (χ4v) is 5.14. The van der Waals surface area contributed by atoms with Crippen LogP contribution in [0.3, 0.4) is 0 Å². The summed E-state index contributed by atoms with van der Waals surface area (Å²) in [5.74, 6) is 0.829. The lowest BCUT2D eigenvalue weighted by Gasteiger charge is -2.19. The summed E-state index contributed by atoms with van der Waals surface area (Å²) < 4.78 is 0. The van der Waals surface area contributed by atoms with E-state index in [9.17, 15) is 0 Å². The van der Waals surface area contributed by atoms with Gasteiger partial charge in [0.25, 0.3) is 0 Å². The Kier molecular flexibility index (Phi) is 7.28. The molecule has 36 heavy (non-hydrogen) atoms. The highest BCUT2D eigenvalue weighted by molar-refractivity contribution is 6.10. The van der Waals surface area contributed by atoms with Crippen LogP contribution in [0.25, 0.3) is 27.8 Å². The molecule has 0 saturated carbocycles. The molecule has 1 N–H and O–H groups in total. The Balaban J connectivity index is 1.59. The van der Waals surface area contributed by atoms with Crippen LogP contribution < -0.4 is 0 Å². The summed E-state index contributed by atoms with van der Waals surface area (Å²) in [6, 6.07) is 25.3. The monoisotopic (exact) mass is 469 g/mol. The minimum Gasteiger partial charge on any atom is -0.282 e. The zero-order valence-electron chi connectivity index (χ0n) is 20.5. The Labute approximate surface area is 213 Å². The van der Waals surface area contributed by atoms with E-state index < -0.39 is 0 Å². The molecule has 1 unspecified atom stereocenters. The fraction of sp³-hybridized carbons (Fsp3) is 0.182. The normalized spacial score (nSPS) is 17.5. The van der Waals surface area contributed by atoms with Crippen molar-refractivity contribution in [3.63, 3.8) is 0 Å². The number of amidine groups is 2. The smallest absolute Gasteiger partial charge is 0.154 e. The van der Waals surface area contributed by atoms with Crippen LogP contribution in [-0.4, -0.2) is 18.4 Å². The largest absolute Gasteiger partial charge is 0.282 e. The quantitative estimate of drug-likeness (QED) is 0.287. The van der Waals surface area contributed by atoms with Crippen molar-refractivity contribution < 1.29 is 0 Å². The minimum absolute atomic E-state index is 0.0444. The van der Waals surface area contributed by atoms with Gasteiger partial charge in [-0.3, -0.25) is 5.41 Å². The molecule has 5 rings (SSSR count). The number of benzene rings is 3. The number of allylic oxidation sites excluding steroid dienone is 5. The van der Waals surface area contributed by atoms with Crippen molar-refractivity contribution in [2.24, 2.45) is 15.9 Å². The molecule has 3 aromatic carbocycles. The maximum Gasteiger partial charge on any atom is 0.154 e. The lowest BCUT2D eigenvalue weighted by atomic mass is 9.85. The molecule has 0 bridgehead atoms. The Bertz CT molecular complexity index is 1400. The first-order valence-electron chi connectivity index (χ1n) is 12.7. The maximum atomic E-state index is 8.92. The second kappa shape index (κ2) is 11.1. The predicted molar refractivity (Wildman–Crippen MR) is 154 cm³/mol. The van der Waals surface area contributed by atoms with Gasteiger partial charge in [-0.15, -0.1) is 0 Å². The number of nitrogens with one attached hydrogen (secondary N) is 1. The first-order valence-corrected chi connectivity index (χ1v) is 12.7. The standard InChI is InChI=1S/C33H31N3/c1-35-33(25-16-6-3-7-17-25)36-32(34)31-23-13-12-22-30(31)29-21-11-10-20-28(29)27-19-9-8-18-26(27)24-14-4-2-5-15-24/h3,6-14,16,18-23,25,34H,1-2,4-5,15,17H2. The summed E-state index contributed by atoms with van der Waals surface area (Å²) >= 11 is 0. The van der Waals surface area contributed by atoms with Gasteiger partial charge in [0.1, 0.15) is 5.84 Å². The summed E-state index contributed by atoms with van der Waals surface area (Å²) in [4.78, 5) is 8.82. The zero-order chi connectivity index (χ0) is 24.7. The molecule has 0 aliphatic heterocycles. The van der Waals surface area contributed by atoms with Crippen LogP contribution in [0, 0.1) is 11.3 Å². The van der Waals surface area contributed by atoms with E-state index in [-0.39, 0.29) is 11.8 Å². The van der Waals surface area contributed by atoms with Crippen molar-refractivity contribution in [2.75, 3.05) is 0 Å². The van der Waals surface area contributed by atoms with Crippen LogP contribution in [0.15, 0.2) is 113 Å². The van der Waals surface area contributed by atoms with Gasteiger partial charge in [-0.2, -0.15) is 0 Å². The molecular weight excluding hydrogens is 438 g/mol. The van der Waals surface area contributed by atoms with E-state index in [1.807, 2.05) is 30.4 Å². The number of nitrogens with zero attached hydrogens (tertiary/aromatic N) is 2. The molecule has 3 aromatic rings. The molecule has 0 fully saturated rings. The molecular formula is C33H31N3. The lowest BCUT2D eigenvalue weighted by molar-refractivity contribution is 0.742. The third-order valence-corrected chi connectivity index (χ3v) is 6.95. The van der Waals surface area contributed by atoms with Gasteiger partial charge < -0.3 is 0 Å². The van der Waals surface area contributed by atoms with E-state index in [0.29, 0.717) is 5.84 Å². The highest BCUT2D eigenvalue weighted by Gasteiger charge is 2.19. The van der Waals surface area contributed by atoms with Gasteiger partial charge in [0, 0.05) is 11.5 Å². The number of aliphatic imine (C=N–C) groups is 2. The Morgan fingerprint density at radius 3 is 2.06 bits per heavy atom. The number of hydrogen-bond donors (Lipinski definition) is 1. The molecule has 1 atom stereocenters. The van der Waals surface area contributed by atoms with Gasteiger partial charge in [0.05, 0.1) is 0 Å². The summed E-state index contributed by atoms with van der Waals surface area (Å²) in [7, 11) is 0. The third kappa shape index (κ3) is 4.96. The molecule has 2 aliphatic rings. The molecule has 178 valence electrons. The average Bonchev–Trinajstić information content (AvgIpc) is 2.96. The number of hydrogen-bond acceptors (Lipinski definition) is 1. The zero-order valence-corrected chi connectivity index (χ0v) is 20.5. The molecule has 2 aliphatic carbocycles.